The van der Waals surface area contributed by atoms with E-state index in [4.69, 9.17) is 10.8 Å². The molecule has 1 aromatic rings. The summed E-state index contributed by atoms with van der Waals surface area (Å²) in [4.78, 5) is 0. The summed E-state index contributed by atoms with van der Waals surface area (Å²) in [6.07, 6.45) is 3.83. The van der Waals surface area contributed by atoms with Gasteiger partial charge in [0.25, 0.3) is 0 Å². The molecule has 1 aliphatic carbocycles. The van der Waals surface area contributed by atoms with Crippen molar-refractivity contribution < 1.29 is 5.11 Å². The number of aliphatic hydroxyl groups excluding tert-OH is 1. The van der Waals surface area contributed by atoms with E-state index in [0.29, 0.717) is 12.6 Å². The number of benzene rings is 1. The highest BCUT2D eigenvalue weighted by Gasteiger charge is 2.36. The molecule has 2 rings (SSSR count). The van der Waals surface area contributed by atoms with E-state index in [9.17, 15) is 0 Å². The largest absolute Gasteiger partial charge is 0.396 e. The van der Waals surface area contributed by atoms with Crippen LogP contribution in [0.1, 0.15) is 30.9 Å². The quantitative estimate of drug-likeness (QED) is 0.710. The Bertz CT molecular complexity index is 367. The minimum absolute atomic E-state index is 0.0144. The Morgan fingerprint density at radius 1 is 1.33 bits per heavy atom. The lowest BCUT2D eigenvalue weighted by Crippen LogP contribution is -2.56. The first-order valence-corrected chi connectivity index (χ1v) is 6.88. The lowest BCUT2D eigenvalue weighted by molar-refractivity contribution is 0.229. The third kappa shape index (κ3) is 2.74. The van der Waals surface area contributed by atoms with Crippen LogP contribution in [0.4, 0.5) is 0 Å². The van der Waals surface area contributed by atoms with Gasteiger partial charge in [0.1, 0.15) is 0 Å². The smallest absolute Gasteiger partial charge is 0.0445 e. The van der Waals surface area contributed by atoms with Gasteiger partial charge in [0.2, 0.25) is 0 Å². The van der Waals surface area contributed by atoms with Gasteiger partial charge in [-0.15, -0.1) is 0 Å². The van der Waals surface area contributed by atoms with E-state index in [1.54, 1.807) is 0 Å². The van der Waals surface area contributed by atoms with Gasteiger partial charge in [-0.3, -0.25) is 0 Å². The molecule has 3 heteroatoms. The summed E-state index contributed by atoms with van der Waals surface area (Å²) in [6, 6.07) is 8.93. The zero-order valence-corrected chi connectivity index (χ0v) is 11.2. The molecule has 0 fully saturated rings. The summed E-state index contributed by atoms with van der Waals surface area (Å²) in [6.45, 7) is 3.03. The van der Waals surface area contributed by atoms with Crippen molar-refractivity contribution >= 4 is 0 Å². The predicted octanol–water partition coefficient (Wildman–Crippen LogP) is 1.23. The molecule has 1 unspecified atom stereocenters. The van der Waals surface area contributed by atoms with E-state index < -0.39 is 0 Å². The van der Waals surface area contributed by atoms with Crippen LogP contribution in [0.2, 0.25) is 0 Å². The van der Waals surface area contributed by atoms with E-state index in [2.05, 4.69) is 36.5 Å². The predicted molar refractivity (Wildman–Crippen MR) is 74.6 cm³/mol. The monoisotopic (exact) mass is 248 g/mol. The number of rotatable bonds is 6. The van der Waals surface area contributed by atoms with E-state index >= 15 is 0 Å². The number of nitrogens with one attached hydrogen (secondary N) is 1. The van der Waals surface area contributed by atoms with Crippen LogP contribution in [0, 0.1) is 0 Å². The molecule has 0 heterocycles. The highest BCUT2D eigenvalue weighted by atomic mass is 16.3. The molecule has 0 spiro atoms. The summed E-state index contributed by atoms with van der Waals surface area (Å²) in [5.41, 5.74) is 8.83. The number of hydrogen-bond acceptors (Lipinski definition) is 3. The Morgan fingerprint density at radius 3 is 2.39 bits per heavy atom. The Hall–Kier alpha value is -0.900. The standard InChI is InChI=1S/C15H24N2O/c1-2-14(7-8-18)17-15(11-16)9-12-5-3-4-6-13(12)10-15/h3-6,14,17-18H,2,7-11,16H2,1H3. The van der Waals surface area contributed by atoms with Crippen LogP contribution >= 0.6 is 0 Å². The second-order valence-corrected chi connectivity index (χ2v) is 5.37. The van der Waals surface area contributed by atoms with Gasteiger partial charge < -0.3 is 16.2 Å². The maximum Gasteiger partial charge on any atom is 0.0445 e. The molecule has 0 saturated heterocycles. The van der Waals surface area contributed by atoms with Gasteiger partial charge in [-0.05, 0) is 36.8 Å². The number of fused-ring (bicyclic) bond motifs is 1. The average molecular weight is 248 g/mol. The number of hydrogen-bond donors (Lipinski definition) is 3. The van der Waals surface area contributed by atoms with E-state index in [0.717, 1.165) is 25.7 Å². The van der Waals surface area contributed by atoms with Gasteiger partial charge in [0.05, 0.1) is 0 Å². The second-order valence-electron chi connectivity index (χ2n) is 5.37. The molecule has 1 atom stereocenters. The Kier molecular flexibility index (Phi) is 4.38. The van der Waals surface area contributed by atoms with Crippen molar-refractivity contribution in [2.24, 2.45) is 5.73 Å². The topological polar surface area (TPSA) is 58.3 Å². The van der Waals surface area contributed by atoms with Crippen molar-refractivity contribution in [2.45, 2.75) is 44.2 Å². The van der Waals surface area contributed by atoms with E-state index in [-0.39, 0.29) is 12.1 Å². The summed E-state index contributed by atoms with van der Waals surface area (Å²) in [5, 5.41) is 12.8. The lowest BCUT2D eigenvalue weighted by atomic mass is 9.93. The summed E-state index contributed by atoms with van der Waals surface area (Å²) < 4.78 is 0. The molecular weight excluding hydrogens is 224 g/mol. The molecule has 3 nitrogen and oxygen atoms in total. The van der Waals surface area contributed by atoms with Crippen molar-refractivity contribution in [1.29, 1.82) is 0 Å². The molecule has 0 radical (unpaired) electrons. The van der Waals surface area contributed by atoms with E-state index in [1.807, 2.05) is 0 Å². The fraction of sp³-hybridized carbons (Fsp3) is 0.600. The van der Waals surface area contributed by atoms with Gasteiger partial charge in [0, 0.05) is 24.7 Å². The van der Waals surface area contributed by atoms with Crippen LogP contribution < -0.4 is 11.1 Å². The normalized spacial score (nSPS) is 18.6. The number of nitrogens with two attached hydrogens (primary N) is 1. The van der Waals surface area contributed by atoms with Gasteiger partial charge in [-0.25, -0.2) is 0 Å². The van der Waals surface area contributed by atoms with Crippen LogP contribution in [0.25, 0.3) is 0 Å². The molecule has 0 bridgehead atoms. The average Bonchev–Trinajstić information content (AvgIpc) is 2.77. The molecular formula is C15H24N2O. The molecule has 0 aliphatic heterocycles. The van der Waals surface area contributed by atoms with E-state index in [1.165, 1.54) is 11.1 Å². The Morgan fingerprint density at radius 2 is 1.94 bits per heavy atom. The third-order valence-electron chi connectivity index (χ3n) is 4.05. The molecule has 0 aromatic heterocycles. The van der Waals surface area contributed by atoms with Gasteiger partial charge in [0.15, 0.2) is 0 Å². The van der Waals surface area contributed by atoms with Crippen molar-refractivity contribution in [2.75, 3.05) is 13.2 Å². The van der Waals surface area contributed by atoms with Gasteiger partial charge in [-0.1, -0.05) is 31.2 Å². The van der Waals surface area contributed by atoms with Crippen molar-refractivity contribution in [3.05, 3.63) is 35.4 Å². The molecule has 100 valence electrons. The lowest BCUT2D eigenvalue weighted by Gasteiger charge is -2.33. The highest BCUT2D eigenvalue weighted by Crippen LogP contribution is 2.30. The van der Waals surface area contributed by atoms with Crippen LogP contribution in [0.5, 0.6) is 0 Å². The maximum absolute atomic E-state index is 9.10. The molecule has 0 amide bonds. The molecule has 0 saturated carbocycles. The Labute approximate surface area is 109 Å². The number of aliphatic hydroxyl groups is 1. The van der Waals surface area contributed by atoms with Crippen LogP contribution in [0.3, 0.4) is 0 Å². The SMILES string of the molecule is CCC(CCO)NC1(CN)Cc2ccccc2C1. The van der Waals surface area contributed by atoms with Crippen LogP contribution in [-0.2, 0) is 12.8 Å². The van der Waals surface area contributed by atoms with Gasteiger partial charge >= 0.3 is 0 Å². The molecule has 1 aliphatic rings. The summed E-state index contributed by atoms with van der Waals surface area (Å²) >= 11 is 0. The third-order valence-corrected chi connectivity index (χ3v) is 4.05. The maximum atomic E-state index is 9.10. The van der Waals surface area contributed by atoms with Gasteiger partial charge in [-0.2, -0.15) is 0 Å². The van der Waals surface area contributed by atoms with Crippen LogP contribution in [-0.4, -0.2) is 29.8 Å². The first-order chi connectivity index (χ1) is 8.73. The van der Waals surface area contributed by atoms with Crippen molar-refractivity contribution in [1.82, 2.24) is 5.32 Å². The molecule has 1 aromatic carbocycles. The Balaban J connectivity index is 2.10. The van der Waals surface area contributed by atoms with Crippen molar-refractivity contribution in [3.63, 3.8) is 0 Å². The zero-order chi connectivity index (χ0) is 13.0. The molecule has 4 N–H and O–H groups in total. The van der Waals surface area contributed by atoms with Crippen molar-refractivity contribution in [3.8, 4) is 0 Å². The minimum atomic E-state index is -0.0144. The fourth-order valence-electron chi connectivity index (χ4n) is 2.97. The zero-order valence-electron chi connectivity index (χ0n) is 11.2. The first kappa shape index (κ1) is 13.5. The molecule has 18 heavy (non-hydrogen) atoms. The fourth-order valence-corrected chi connectivity index (χ4v) is 2.97. The second kappa shape index (κ2) is 5.83. The summed E-state index contributed by atoms with van der Waals surface area (Å²) in [5.74, 6) is 0. The highest BCUT2D eigenvalue weighted by molar-refractivity contribution is 5.36. The summed E-state index contributed by atoms with van der Waals surface area (Å²) in [7, 11) is 0. The van der Waals surface area contributed by atoms with Crippen LogP contribution in [0.15, 0.2) is 24.3 Å². The minimum Gasteiger partial charge on any atom is -0.396 e. The first-order valence-electron chi connectivity index (χ1n) is 6.88.